The fraction of sp³-hybridized carbons (Fsp3) is 0.263. The highest BCUT2D eigenvalue weighted by molar-refractivity contribution is 7.85. The summed E-state index contributed by atoms with van der Waals surface area (Å²) in [7, 11) is -3.62. The highest BCUT2D eigenvalue weighted by Gasteiger charge is 2.20. The molecule has 0 amide bonds. The van der Waals surface area contributed by atoms with Crippen molar-refractivity contribution in [3.8, 4) is 5.75 Å². The van der Waals surface area contributed by atoms with Crippen molar-refractivity contribution in [3.05, 3.63) is 64.5 Å². The number of hydrogen-bond acceptors (Lipinski definition) is 9. The second-order valence-electron chi connectivity index (χ2n) is 6.47. The molecule has 0 aliphatic carbocycles. The number of fused-ring (bicyclic) bond motifs is 1. The number of anilines is 1. The molecule has 0 fully saturated rings. The average molecular weight is 432 g/mol. The number of rotatable bonds is 9. The summed E-state index contributed by atoms with van der Waals surface area (Å²) in [5.41, 5.74) is 1.19. The largest absolute Gasteiger partial charge is 0.484 e. The van der Waals surface area contributed by atoms with Crippen molar-refractivity contribution in [2.75, 3.05) is 24.8 Å². The highest BCUT2D eigenvalue weighted by atomic mass is 32.2. The minimum atomic E-state index is -3.62. The van der Waals surface area contributed by atoms with Crippen molar-refractivity contribution in [3.63, 3.8) is 0 Å². The molecular formula is C19H20N4O6S. The topological polar surface area (TPSA) is 134 Å². The standard InChI is InChI=1S/C19H20N4O6S/c1-13(14-6-4-3-5-7-14)22-19-15-10-17(23(24)25)18(11-16(15)20-12-21-19)28-8-9-29-30(2,26)27/h3-7,10-13H,8-9H2,1-2H3,(H,20,21,22). The van der Waals surface area contributed by atoms with Crippen molar-refractivity contribution in [2.24, 2.45) is 0 Å². The van der Waals surface area contributed by atoms with E-state index in [9.17, 15) is 18.5 Å². The number of nitrogens with one attached hydrogen (secondary N) is 1. The van der Waals surface area contributed by atoms with Crippen LogP contribution in [0.25, 0.3) is 10.9 Å². The molecule has 11 heteroatoms. The Morgan fingerprint density at radius 1 is 1.17 bits per heavy atom. The summed E-state index contributed by atoms with van der Waals surface area (Å²) in [4.78, 5) is 19.4. The van der Waals surface area contributed by atoms with Crippen LogP contribution in [0.1, 0.15) is 18.5 Å². The summed E-state index contributed by atoms with van der Waals surface area (Å²) in [6.45, 7) is 1.51. The molecule has 0 bridgehead atoms. The molecule has 1 atom stereocenters. The summed E-state index contributed by atoms with van der Waals surface area (Å²) in [6.07, 6.45) is 2.26. The predicted molar refractivity (Wildman–Crippen MR) is 111 cm³/mol. The van der Waals surface area contributed by atoms with E-state index in [0.717, 1.165) is 11.8 Å². The Kier molecular flexibility index (Phi) is 6.43. The number of hydrogen-bond donors (Lipinski definition) is 1. The number of nitro benzene ring substituents is 1. The number of ether oxygens (including phenoxy) is 1. The summed E-state index contributed by atoms with van der Waals surface area (Å²) in [5.74, 6) is 0.414. The lowest BCUT2D eigenvalue weighted by atomic mass is 10.1. The summed E-state index contributed by atoms with van der Waals surface area (Å²) < 4.78 is 32.0. The Bertz CT molecular complexity index is 1150. The van der Waals surface area contributed by atoms with Gasteiger partial charge in [0.15, 0.2) is 5.75 Å². The van der Waals surface area contributed by atoms with Crippen LogP contribution in [0, 0.1) is 10.1 Å². The van der Waals surface area contributed by atoms with E-state index in [-0.39, 0.29) is 30.7 Å². The molecule has 0 radical (unpaired) electrons. The van der Waals surface area contributed by atoms with E-state index in [1.54, 1.807) is 0 Å². The maximum atomic E-state index is 11.5. The molecule has 3 aromatic rings. The van der Waals surface area contributed by atoms with Crippen LogP contribution >= 0.6 is 0 Å². The van der Waals surface area contributed by atoms with Gasteiger partial charge in [0.2, 0.25) is 0 Å². The second kappa shape index (κ2) is 9.01. The fourth-order valence-electron chi connectivity index (χ4n) is 2.81. The first-order chi connectivity index (χ1) is 14.2. The van der Waals surface area contributed by atoms with Crippen molar-refractivity contribution in [1.82, 2.24) is 9.97 Å². The molecule has 1 N–H and O–H groups in total. The van der Waals surface area contributed by atoms with Crippen LogP contribution in [0.15, 0.2) is 48.8 Å². The minimum absolute atomic E-state index is 0.0367. The number of benzene rings is 2. The molecule has 3 rings (SSSR count). The van der Waals surface area contributed by atoms with Crippen LogP contribution in [0.5, 0.6) is 5.75 Å². The van der Waals surface area contributed by atoms with Crippen LogP contribution in [-0.4, -0.2) is 42.8 Å². The smallest absolute Gasteiger partial charge is 0.311 e. The Labute approximate surface area is 173 Å². The van der Waals surface area contributed by atoms with Crippen molar-refractivity contribution in [1.29, 1.82) is 0 Å². The lowest BCUT2D eigenvalue weighted by molar-refractivity contribution is -0.385. The zero-order valence-electron chi connectivity index (χ0n) is 16.3. The van der Waals surface area contributed by atoms with Crippen LogP contribution in [0.3, 0.4) is 0 Å². The van der Waals surface area contributed by atoms with Crippen molar-refractivity contribution in [2.45, 2.75) is 13.0 Å². The van der Waals surface area contributed by atoms with Gasteiger partial charge in [0.25, 0.3) is 10.1 Å². The highest BCUT2D eigenvalue weighted by Crippen LogP contribution is 2.34. The predicted octanol–water partition coefficient (Wildman–Crippen LogP) is 3.07. The zero-order chi connectivity index (χ0) is 21.7. The van der Waals surface area contributed by atoms with Gasteiger partial charge in [-0.3, -0.25) is 14.3 Å². The van der Waals surface area contributed by atoms with E-state index in [1.807, 2.05) is 37.3 Å². The van der Waals surface area contributed by atoms with Gasteiger partial charge in [-0.05, 0) is 12.5 Å². The Hall–Kier alpha value is -3.31. The third kappa shape index (κ3) is 5.39. The van der Waals surface area contributed by atoms with Gasteiger partial charge >= 0.3 is 5.69 Å². The summed E-state index contributed by atoms with van der Waals surface area (Å²) in [6, 6.07) is 12.4. The molecule has 0 saturated heterocycles. The molecule has 2 aromatic carbocycles. The normalized spacial score (nSPS) is 12.5. The van der Waals surface area contributed by atoms with E-state index in [1.165, 1.54) is 18.5 Å². The number of nitro groups is 1. The Morgan fingerprint density at radius 3 is 2.57 bits per heavy atom. The Balaban J connectivity index is 1.88. The van der Waals surface area contributed by atoms with Gasteiger partial charge in [-0.2, -0.15) is 8.42 Å². The lowest BCUT2D eigenvalue weighted by Crippen LogP contribution is -2.12. The van der Waals surface area contributed by atoms with Gasteiger partial charge in [-0.1, -0.05) is 30.3 Å². The quantitative estimate of drug-likeness (QED) is 0.234. The lowest BCUT2D eigenvalue weighted by Gasteiger charge is -2.16. The first-order valence-electron chi connectivity index (χ1n) is 8.96. The van der Waals surface area contributed by atoms with Gasteiger partial charge in [0, 0.05) is 23.6 Å². The van der Waals surface area contributed by atoms with Gasteiger partial charge in [0.05, 0.1) is 16.7 Å². The molecule has 1 heterocycles. The second-order valence-corrected chi connectivity index (χ2v) is 8.11. The summed E-state index contributed by atoms with van der Waals surface area (Å²) in [5, 5.41) is 15.3. The molecule has 30 heavy (non-hydrogen) atoms. The molecule has 0 saturated carbocycles. The zero-order valence-corrected chi connectivity index (χ0v) is 17.1. The van der Waals surface area contributed by atoms with Crippen LogP contribution in [-0.2, 0) is 14.3 Å². The molecule has 1 unspecified atom stereocenters. The first-order valence-corrected chi connectivity index (χ1v) is 10.8. The van der Waals surface area contributed by atoms with Gasteiger partial charge in [-0.15, -0.1) is 0 Å². The van der Waals surface area contributed by atoms with Crippen LogP contribution < -0.4 is 10.1 Å². The monoisotopic (exact) mass is 432 g/mol. The third-order valence-corrected chi connectivity index (χ3v) is 4.80. The molecular weight excluding hydrogens is 412 g/mol. The fourth-order valence-corrected chi connectivity index (χ4v) is 3.18. The van der Waals surface area contributed by atoms with Crippen LogP contribution in [0.4, 0.5) is 11.5 Å². The number of nitrogens with zero attached hydrogens (tertiary/aromatic N) is 3. The van der Waals surface area contributed by atoms with E-state index < -0.39 is 15.0 Å². The maximum absolute atomic E-state index is 11.5. The minimum Gasteiger partial charge on any atom is -0.484 e. The SMILES string of the molecule is CC(Nc1ncnc2cc(OCCOS(C)(=O)=O)c([N+](=O)[O-])cc12)c1ccccc1. The van der Waals surface area contributed by atoms with E-state index in [0.29, 0.717) is 16.7 Å². The molecule has 0 aliphatic heterocycles. The van der Waals surface area contributed by atoms with Crippen molar-refractivity contribution < 1.29 is 22.3 Å². The van der Waals surface area contributed by atoms with Gasteiger partial charge < -0.3 is 10.1 Å². The van der Waals surface area contributed by atoms with Gasteiger partial charge in [-0.25, -0.2) is 9.97 Å². The molecule has 1 aromatic heterocycles. The van der Waals surface area contributed by atoms with Gasteiger partial charge in [0.1, 0.15) is 25.4 Å². The maximum Gasteiger partial charge on any atom is 0.311 e. The molecule has 0 spiro atoms. The summed E-state index contributed by atoms with van der Waals surface area (Å²) >= 11 is 0. The van der Waals surface area contributed by atoms with E-state index >= 15 is 0 Å². The molecule has 10 nitrogen and oxygen atoms in total. The average Bonchev–Trinajstić information content (AvgIpc) is 2.70. The van der Waals surface area contributed by atoms with Crippen LogP contribution in [0.2, 0.25) is 0 Å². The molecule has 158 valence electrons. The van der Waals surface area contributed by atoms with E-state index in [4.69, 9.17) is 4.74 Å². The third-order valence-electron chi connectivity index (χ3n) is 4.20. The van der Waals surface area contributed by atoms with Crippen molar-refractivity contribution >= 4 is 32.5 Å². The Morgan fingerprint density at radius 2 is 1.90 bits per heavy atom. The molecule has 0 aliphatic rings. The first kappa shape index (κ1) is 21.4. The number of aromatic nitrogens is 2. The van der Waals surface area contributed by atoms with E-state index in [2.05, 4.69) is 19.5 Å².